The molecule has 0 aromatic rings. The van der Waals surface area contributed by atoms with Crippen LogP contribution in [-0.4, -0.2) is 78.5 Å². The summed E-state index contributed by atoms with van der Waals surface area (Å²) in [5, 5.41) is 65.3. The summed E-state index contributed by atoms with van der Waals surface area (Å²) in [6.45, 7) is 1.89. The van der Waals surface area contributed by atoms with Crippen LogP contribution in [0.2, 0.25) is 0 Å². The lowest BCUT2D eigenvalue weighted by atomic mass is 9.48. The highest BCUT2D eigenvalue weighted by atomic mass is 16.4. The van der Waals surface area contributed by atoms with Gasteiger partial charge in [-0.2, -0.15) is 0 Å². The molecule has 31 heavy (non-hydrogen) atoms. The summed E-state index contributed by atoms with van der Waals surface area (Å²) in [5.41, 5.74) is 3.00. The van der Waals surface area contributed by atoms with E-state index in [0.717, 1.165) is 0 Å². The van der Waals surface area contributed by atoms with Gasteiger partial charge in [-0.05, 0) is 56.3 Å². The predicted molar refractivity (Wildman–Crippen MR) is 107 cm³/mol. The zero-order valence-corrected chi connectivity index (χ0v) is 17.7. The second kappa shape index (κ2) is 8.04. The van der Waals surface area contributed by atoms with Crippen molar-refractivity contribution in [2.24, 2.45) is 47.2 Å². The molecule has 9 nitrogen and oxygen atoms in total. The van der Waals surface area contributed by atoms with Crippen LogP contribution in [0.3, 0.4) is 0 Å². The van der Waals surface area contributed by atoms with Crippen LogP contribution in [0.5, 0.6) is 0 Å². The van der Waals surface area contributed by atoms with Gasteiger partial charge >= 0.3 is 0 Å². The largest absolute Gasteiger partial charge is 0.393 e. The summed E-state index contributed by atoms with van der Waals surface area (Å²) < 4.78 is 0. The average Bonchev–Trinajstić information content (AvgIpc) is 2.70. The van der Waals surface area contributed by atoms with Gasteiger partial charge in [0.1, 0.15) is 5.92 Å². The molecule has 4 fully saturated rings. The van der Waals surface area contributed by atoms with Crippen LogP contribution in [0.25, 0.3) is 0 Å². The number of rotatable bonds is 3. The minimum atomic E-state index is -2.28. The molecule has 0 heterocycles. The first kappa shape index (κ1) is 23.1. The van der Waals surface area contributed by atoms with Gasteiger partial charge < -0.3 is 36.4 Å². The number of hydrogen-bond acceptors (Lipinski definition) is 8. The number of carbonyl (C=O) groups is 2. The molecule has 4 aliphatic rings. The maximum Gasteiger partial charge on any atom is 0.230 e. The molecule has 13 atom stereocenters. The lowest BCUT2D eigenvalue weighted by Crippen LogP contribution is -2.72. The van der Waals surface area contributed by atoms with Crippen LogP contribution >= 0.6 is 0 Å². The Morgan fingerprint density at radius 2 is 1.77 bits per heavy atom. The summed E-state index contributed by atoms with van der Waals surface area (Å²) in [6, 6.07) is 0. The molecule has 9 heteroatoms. The third-order valence-electron chi connectivity index (χ3n) is 9.02. The number of nitrogens with two attached hydrogens (primary N) is 1. The molecule has 0 aliphatic heterocycles. The maximum absolute atomic E-state index is 13.0. The fourth-order valence-electron chi connectivity index (χ4n) is 7.55. The van der Waals surface area contributed by atoms with Crippen molar-refractivity contribution < 1.29 is 40.2 Å². The fourth-order valence-corrected chi connectivity index (χ4v) is 7.55. The number of aliphatic hydroxyl groups is 6. The van der Waals surface area contributed by atoms with Crippen LogP contribution < -0.4 is 5.73 Å². The summed E-state index contributed by atoms with van der Waals surface area (Å²) in [5.74, 6) is -6.33. The summed E-state index contributed by atoms with van der Waals surface area (Å²) in [7, 11) is 0. The van der Waals surface area contributed by atoms with Crippen molar-refractivity contribution >= 4 is 11.7 Å². The monoisotopic (exact) mass is 441 g/mol. The number of aliphatic hydroxyl groups excluding tert-OH is 5. The Balaban J connectivity index is 1.68. The van der Waals surface area contributed by atoms with Crippen molar-refractivity contribution in [3.8, 4) is 0 Å². The molecule has 0 spiro atoms. The number of primary amides is 1. The number of carbonyl (C=O) groups excluding carboxylic acids is 2. The van der Waals surface area contributed by atoms with Crippen molar-refractivity contribution in [3.63, 3.8) is 0 Å². The highest BCUT2D eigenvalue weighted by Crippen LogP contribution is 2.57. The van der Waals surface area contributed by atoms with E-state index in [9.17, 15) is 40.2 Å². The van der Waals surface area contributed by atoms with Crippen molar-refractivity contribution in [2.75, 3.05) is 0 Å². The van der Waals surface area contributed by atoms with Gasteiger partial charge in [0, 0.05) is 17.8 Å². The summed E-state index contributed by atoms with van der Waals surface area (Å²) >= 11 is 0. The smallest absolute Gasteiger partial charge is 0.230 e. The molecule has 4 aliphatic carbocycles. The first-order chi connectivity index (χ1) is 14.5. The van der Waals surface area contributed by atoms with Crippen LogP contribution in [0.1, 0.15) is 45.4 Å². The van der Waals surface area contributed by atoms with Crippen LogP contribution in [0, 0.1) is 41.4 Å². The van der Waals surface area contributed by atoms with Crippen LogP contribution in [0.4, 0.5) is 0 Å². The zero-order chi connectivity index (χ0) is 22.8. The molecule has 8 N–H and O–H groups in total. The Morgan fingerprint density at radius 1 is 1.10 bits per heavy atom. The van der Waals surface area contributed by atoms with E-state index in [2.05, 4.69) is 0 Å². The van der Waals surface area contributed by atoms with E-state index in [4.69, 9.17) is 5.73 Å². The molecule has 4 rings (SSSR count). The fraction of sp³-hybridized carbons (Fsp3) is 0.909. The molecule has 10 unspecified atom stereocenters. The Hall–Kier alpha value is -1.10. The van der Waals surface area contributed by atoms with E-state index < -0.39 is 71.5 Å². The molecule has 1 amide bonds. The number of hydrogen-bond donors (Lipinski definition) is 7. The summed E-state index contributed by atoms with van der Waals surface area (Å²) in [6.07, 6.45) is -3.08. The quantitative estimate of drug-likeness (QED) is 0.253. The van der Waals surface area contributed by atoms with Crippen molar-refractivity contribution in [3.05, 3.63) is 0 Å². The normalized spacial score (nSPS) is 53.1. The van der Waals surface area contributed by atoms with Crippen molar-refractivity contribution in [1.29, 1.82) is 0 Å². The van der Waals surface area contributed by atoms with Crippen LogP contribution in [-0.2, 0) is 9.59 Å². The SMILES string of the molecule is CCC(O)C1CCC(O)C2C(O)C3C(O)[C@]4(O)C(=O)C(C(N)=O)C(O)C[C@@H]4C[C@@H]3CC12. The van der Waals surface area contributed by atoms with Gasteiger partial charge in [-0.3, -0.25) is 9.59 Å². The molecular formula is C22H35NO8. The molecule has 0 aromatic carbocycles. The van der Waals surface area contributed by atoms with Crippen LogP contribution in [0.15, 0.2) is 0 Å². The van der Waals surface area contributed by atoms with Crippen molar-refractivity contribution in [1.82, 2.24) is 0 Å². The van der Waals surface area contributed by atoms with Gasteiger partial charge in [0.2, 0.25) is 5.91 Å². The van der Waals surface area contributed by atoms with Gasteiger partial charge in [0.05, 0.1) is 30.5 Å². The standard InChI is InChI=1S/C22H35NO8/c1-2-12(24)10-3-4-13(25)16-11(10)6-8-5-9-7-14(26)17(21(23)30)20(29)22(9,31)19(28)15(8)18(16)27/h8-19,24-28,31H,2-7H2,1H3,(H2,23,30)/t8-,9+,10?,11?,12?,13?,14?,15?,16?,17?,18?,19?,22+/m1/s1. The molecule has 0 saturated heterocycles. The lowest BCUT2D eigenvalue weighted by molar-refractivity contribution is -0.243. The second-order valence-corrected chi connectivity index (χ2v) is 10.3. The van der Waals surface area contributed by atoms with Gasteiger partial charge in [-0.1, -0.05) is 6.92 Å². The minimum absolute atomic E-state index is 0.0516. The average molecular weight is 442 g/mol. The van der Waals surface area contributed by atoms with Crippen molar-refractivity contribution in [2.45, 2.75) is 81.6 Å². The second-order valence-electron chi connectivity index (χ2n) is 10.3. The van der Waals surface area contributed by atoms with Gasteiger partial charge in [-0.15, -0.1) is 0 Å². The highest BCUT2D eigenvalue weighted by molar-refractivity contribution is 6.06. The number of Topliss-reactive ketones (excluding diaryl/α,β-unsaturated/α-hetero) is 1. The zero-order valence-electron chi connectivity index (χ0n) is 17.7. The number of fused-ring (bicyclic) bond motifs is 3. The Kier molecular flexibility index (Phi) is 5.98. The highest BCUT2D eigenvalue weighted by Gasteiger charge is 2.67. The first-order valence-corrected chi connectivity index (χ1v) is 11.5. The first-order valence-electron chi connectivity index (χ1n) is 11.5. The van der Waals surface area contributed by atoms with E-state index in [0.29, 0.717) is 25.7 Å². The predicted octanol–water partition coefficient (Wildman–Crippen LogP) is -1.70. The topological polar surface area (TPSA) is 182 Å². The van der Waals surface area contributed by atoms with E-state index >= 15 is 0 Å². The lowest BCUT2D eigenvalue weighted by Gasteiger charge is -2.60. The number of ketones is 1. The molecule has 176 valence electrons. The Labute approximate surface area is 181 Å². The van der Waals surface area contributed by atoms with E-state index in [-0.39, 0.29) is 30.6 Å². The third-order valence-corrected chi connectivity index (χ3v) is 9.02. The van der Waals surface area contributed by atoms with E-state index in [1.807, 2.05) is 6.92 Å². The minimum Gasteiger partial charge on any atom is -0.393 e. The molecule has 4 saturated carbocycles. The van der Waals surface area contributed by atoms with Gasteiger partial charge in [0.25, 0.3) is 0 Å². The van der Waals surface area contributed by atoms with Gasteiger partial charge in [-0.25, -0.2) is 0 Å². The van der Waals surface area contributed by atoms with E-state index in [1.165, 1.54) is 0 Å². The van der Waals surface area contributed by atoms with E-state index in [1.54, 1.807) is 0 Å². The molecular weight excluding hydrogens is 406 g/mol. The maximum atomic E-state index is 13.0. The third kappa shape index (κ3) is 3.28. The molecule has 0 bridgehead atoms. The number of amides is 1. The molecule has 0 radical (unpaired) electrons. The molecule has 0 aromatic heterocycles. The Morgan fingerprint density at radius 3 is 2.39 bits per heavy atom. The Bertz CT molecular complexity index is 732. The van der Waals surface area contributed by atoms with Gasteiger partial charge in [0.15, 0.2) is 11.4 Å². The summed E-state index contributed by atoms with van der Waals surface area (Å²) in [4.78, 5) is 24.8.